The summed E-state index contributed by atoms with van der Waals surface area (Å²) in [7, 11) is 8.59. The lowest BCUT2D eigenvalue weighted by molar-refractivity contribution is -0.879. The summed E-state index contributed by atoms with van der Waals surface area (Å²) in [6.45, 7) is 3.65. The van der Waals surface area contributed by atoms with E-state index in [1.807, 2.05) is 60.7 Å². The fraction of sp³-hybridized carbons (Fsp3) is 0.632. The SMILES string of the molecule is C[N+]1(C)CC[C@@H](OC(=O)[C@@](O)(c2ccccc2)C2CCCC2)C1.C[N+]1(C)CC[C@H](OC(=O)[C@](O)(c2ccccc2)C2CCCC2)C1.[Br-].[Br-]. The fourth-order valence-electron chi connectivity index (χ4n) is 8.24. The summed E-state index contributed by atoms with van der Waals surface area (Å²) in [6.07, 6.45) is 9.37. The summed E-state index contributed by atoms with van der Waals surface area (Å²) in [5.74, 6) is -0.993. The zero-order valence-corrected chi connectivity index (χ0v) is 32.3. The number of nitrogens with zero attached hydrogens (tertiary/aromatic N) is 2. The third-order valence-corrected chi connectivity index (χ3v) is 11.0. The number of halogens is 2. The van der Waals surface area contributed by atoms with Gasteiger partial charge in [-0.15, -0.1) is 0 Å². The molecule has 6 rings (SSSR count). The van der Waals surface area contributed by atoms with Crippen LogP contribution in [0, 0.1) is 11.8 Å². The molecule has 0 aromatic heterocycles. The number of quaternary nitrogens is 2. The minimum absolute atomic E-state index is 0. The Morgan fingerprint density at radius 2 is 0.896 bits per heavy atom. The minimum Gasteiger partial charge on any atom is -1.00 e. The molecule has 48 heavy (non-hydrogen) atoms. The molecule has 4 fully saturated rings. The van der Waals surface area contributed by atoms with Crippen LogP contribution in [0.5, 0.6) is 0 Å². The number of carbonyl (C=O) groups is 2. The second kappa shape index (κ2) is 16.9. The van der Waals surface area contributed by atoms with Gasteiger partial charge in [-0.3, -0.25) is 0 Å². The first kappa shape index (κ1) is 40.6. The lowest BCUT2D eigenvalue weighted by Gasteiger charge is -2.33. The molecule has 2 aromatic carbocycles. The predicted molar refractivity (Wildman–Crippen MR) is 177 cm³/mol. The fourth-order valence-corrected chi connectivity index (χ4v) is 8.24. The Morgan fingerprint density at radius 1 is 0.583 bits per heavy atom. The average molecular weight is 797 g/mol. The van der Waals surface area contributed by atoms with Crippen LogP contribution in [0.25, 0.3) is 0 Å². The molecule has 268 valence electrons. The summed E-state index contributed by atoms with van der Waals surface area (Å²) < 4.78 is 13.3. The molecule has 0 unspecified atom stereocenters. The summed E-state index contributed by atoms with van der Waals surface area (Å²) in [4.78, 5) is 25.9. The van der Waals surface area contributed by atoms with Crippen LogP contribution in [0.3, 0.4) is 0 Å². The van der Waals surface area contributed by atoms with Gasteiger partial charge in [0, 0.05) is 24.7 Å². The van der Waals surface area contributed by atoms with Gasteiger partial charge < -0.3 is 62.6 Å². The maximum absolute atomic E-state index is 12.9. The largest absolute Gasteiger partial charge is 1.00 e. The number of likely N-dealkylation sites (tertiary alicyclic amines) is 2. The molecule has 2 aliphatic carbocycles. The van der Waals surface area contributed by atoms with Crippen molar-refractivity contribution >= 4 is 11.9 Å². The number of likely N-dealkylation sites (N-methyl/N-ethyl adjacent to an activating group) is 2. The molecule has 2 saturated carbocycles. The molecular weight excluding hydrogens is 740 g/mol. The van der Waals surface area contributed by atoms with E-state index < -0.39 is 23.1 Å². The highest BCUT2D eigenvalue weighted by Gasteiger charge is 2.50. The molecule has 2 N–H and O–H groups in total. The molecule has 0 radical (unpaired) electrons. The highest BCUT2D eigenvalue weighted by Crippen LogP contribution is 2.43. The van der Waals surface area contributed by atoms with E-state index in [0.29, 0.717) is 11.1 Å². The van der Waals surface area contributed by atoms with E-state index in [4.69, 9.17) is 9.47 Å². The Morgan fingerprint density at radius 3 is 1.17 bits per heavy atom. The highest BCUT2D eigenvalue weighted by atomic mass is 79.9. The summed E-state index contributed by atoms with van der Waals surface area (Å²) in [5, 5.41) is 22.7. The molecule has 0 amide bonds. The molecule has 0 bridgehead atoms. The first-order valence-corrected chi connectivity index (χ1v) is 17.5. The quantitative estimate of drug-likeness (QED) is 0.261. The predicted octanol–water partition coefficient (Wildman–Crippen LogP) is -1.08. The van der Waals surface area contributed by atoms with Crippen LogP contribution in [0.2, 0.25) is 0 Å². The van der Waals surface area contributed by atoms with Crippen LogP contribution in [0.4, 0.5) is 0 Å². The first-order chi connectivity index (χ1) is 21.8. The molecule has 10 heteroatoms. The number of aliphatic hydroxyl groups is 2. The second-order valence-corrected chi connectivity index (χ2v) is 15.5. The molecule has 4 atom stereocenters. The van der Waals surface area contributed by atoms with Crippen LogP contribution in [-0.2, 0) is 30.3 Å². The molecule has 0 spiro atoms. The number of benzene rings is 2. The van der Waals surface area contributed by atoms with Crippen molar-refractivity contribution in [2.75, 3.05) is 54.4 Å². The molecule has 4 aliphatic rings. The second-order valence-electron chi connectivity index (χ2n) is 15.5. The van der Waals surface area contributed by atoms with Crippen LogP contribution >= 0.6 is 0 Å². The molecular formula is C38H56Br2N2O6. The normalized spacial score (nSPS) is 25.7. The number of ether oxygens (including phenoxy) is 2. The van der Waals surface area contributed by atoms with Gasteiger partial charge in [-0.25, -0.2) is 9.59 Å². The smallest absolute Gasteiger partial charge is 0.343 e. The van der Waals surface area contributed by atoms with E-state index in [1.54, 1.807) is 0 Å². The summed E-state index contributed by atoms with van der Waals surface area (Å²) in [5.41, 5.74) is -1.66. The number of rotatable bonds is 8. The van der Waals surface area contributed by atoms with Crippen LogP contribution < -0.4 is 34.0 Å². The summed E-state index contributed by atoms with van der Waals surface area (Å²) >= 11 is 0. The molecule has 2 heterocycles. The third-order valence-electron chi connectivity index (χ3n) is 11.0. The average Bonchev–Trinajstić information content (AvgIpc) is 3.87. The van der Waals surface area contributed by atoms with Crippen molar-refractivity contribution in [3.63, 3.8) is 0 Å². The Kier molecular flexibility index (Phi) is 14.3. The monoisotopic (exact) mass is 794 g/mol. The first-order valence-electron chi connectivity index (χ1n) is 17.5. The zero-order chi connectivity index (χ0) is 33.0. The van der Waals surface area contributed by atoms with Crippen molar-refractivity contribution in [3.05, 3.63) is 71.8 Å². The van der Waals surface area contributed by atoms with Gasteiger partial charge in [-0.05, 0) is 36.8 Å². The van der Waals surface area contributed by atoms with Crippen molar-refractivity contribution in [1.82, 2.24) is 0 Å². The van der Waals surface area contributed by atoms with Gasteiger partial charge in [0.25, 0.3) is 0 Å². The van der Waals surface area contributed by atoms with Crippen LogP contribution in [0.1, 0.15) is 75.3 Å². The number of hydrogen-bond acceptors (Lipinski definition) is 6. The maximum Gasteiger partial charge on any atom is 0.343 e. The Balaban J connectivity index is 0.000000250. The van der Waals surface area contributed by atoms with E-state index in [9.17, 15) is 19.8 Å². The molecule has 2 aromatic rings. The van der Waals surface area contributed by atoms with Crippen molar-refractivity contribution in [1.29, 1.82) is 0 Å². The van der Waals surface area contributed by atoms with Crippen LogP contribution in [-0.4, -0.2) is 97.7 Å². The van der Waals surface area contributed by atoms with Crippen molar-refractivity contribution in [2.24, 2.45) is 11.8 Å². The van der Waals surface area contributed by atoms with Gasteiger partial charge in [-0.2, -0.15) is 0 Å². The minimum atomic E-state index is -1.50. The van der Waals surface area contributed by atoms with E-state index in [2.05, 4.69) is 28.2 Å². The topological polar surface area (TPSA) is 93.1 Å². The van der Waals surface area contributed by atoms with E-state index in [0.717, 1.165) is 99.4 Å². The third kappa shape index (κ3) is 9.29. The van der Waals surface area contributed by atoms with Crippen LogP contribution in [0.15, 0.2) is 60.7 Å². The maximum atomic E-state index is 12.9. The van der Waals surface area contributed by atoms with E-state index in [-0.39, 0.29) is 58.0 Å². The lowest BCUT2D eigenvalue weighted by atomic mass is 9.80. The van der Waals surface area contributed by atoms with Gasteiger partial charge in [0.05, 0.1) is 41.3 Å². The van der Waals surface area contributed by atoms with Crippen molar-refractivity contribution in [3.8, 4) is 0 Å². The van der Waals surface area contributed by atoms with Gasteiger partial charge in [0.1, 0.15) is 13.1 Å². The summed E-state index contributed by atoms with van der Waals surface area (Å²) in [6, 6.07) is 18.7. The van der Waals surface area contributed by atoms with E-state index in [1.165, 1.54) is 0 Å². The lowest BCUT2D eigenvalue weighted by Crippen LogP contribution is -3.00. The Labute approximate surface area is 308 Å². The van der Waals surface area contributed by atoms with Gasteiger partial charge in [-0.1, -0.05) is 86.3 Å². The molecule has 2 saturated heterocycles. The highest BCUT2D eigenvalue weighted by molar-refractivity contribution is 5.82. The number of carbonyl (C=O) groups excluding carboxylic acids is 2. The Hall–Kier alpha value is -1.82. The van der Waals surface area contributed by atoms with E-state index >= 15 is 0 Å². The van der Waals surface area contributed by atoms with Crippen molar-refractivity contribution < 1.29 is 72.2 Å². The van der Waals surface area contributed by atoms with Gasteiger partial charge in [0.2, 0.25) is 0 Å². The molecule has 8 nitrogen and oxygen atoms in total. The number of esters is 2. The Bertz CT molecular complexity index is 1220. The van der Waals surface area contributed by atoms with Gasteiger partial charge in [0.15, 0.2) is 23.4 Å². The standard InChI is InChI=1S/2C19H28NO3.2BrH/c2*1-20(2)13-12-17(14-20)23-18(21)19(22,16-10-6-7-11-16)15-8-4-3-5-9-15;;/h2*3-5,8-9,16-17,22H,6-7,10-14H2,1-2H3;2*1H/q2*+1;;/p-2/t2*17-,19-;;/m10../s1. The number of hydrogen-bond donors (Lipinski definition) is 2. The van der Waals surface area contributed by atoms with Gasteiger partial charge >= 0.3 is 11.9 Å². The molecule has 2 aliphatic heterocycles. The zero-order valence-electron chi connectivity index (χ0n) is 29.2. The van der Waals surface area contributed by atoms with Crippen molar-refractivity contribution in [2.45, 2.75) is 87.6 Å².